The molecule has 0 aliphatic heterocycles. The van der Waals surface area contributed by atoms with E-state index >= 15 is 0 Å². The third-order valence-corrected chi connectivity index (χ3v) is 3.88. The number of esters is 1. The molecule has 0 radical (unpaired) electrons. The lowest BCUT2D eigenvalue weighted by atomic mass is 9.90. The summed E-state index contributed by atoms with van der Waals surface area (Å²) in [5.41, 5.74) is -1.07. The molecule has 25 heavy (non-hydrogen) atoms. The summed E-state index contributed by atoms with van der Waals surface area (Å²) in [6, 6.07) is 4.07. The largest absolute Gasteiger partial charge is 0.459 e. The first kappa shape index (κ1) is 20.2. The summed E-state index contributed by atoms with van der Waals surface area (Å²) >= 11 is 0. The van der Waals surface area contributed by atoms with Crippen LogP contribution in [-0.4, -0.2) is 35.5 Å². The second-order valence-electron chi connectivity index (χ2n) is 6.21. The van der Waals surface area contributed by atoms with E-state index in [-0.39, 0.29) is 11.7 Å². The molecule has 0 unspecified atom stereocenters. The normalized spacial score (nSPS) is 15.4. The Balaban J connectivity index is 2.59. The first-order valence-electron chi connectivity index (χ1n) is 7.89. The van der Waals surface area contributed by atoms with Crippen LogP contribution >= 0.6 is 0 Å². The molecule has 2 N–H and O–H groups in total. The predicted octanol–water partition coefficient (Wildman–Crippen LogP) is 1.38. The van der Waals surface area contributed by atoms with E-state index in [1.54, 1.807) is 26.8 Å². The van der Waals surface area contributed by atoms with E-state index in [4.69, 9.17) is 9.15 Å². The SMILES string of the molecule is CC(C)[C@@](C)(C#N)NC(=O)[C@@H](C)OC(=O)[C@H](C)NC(=O)c1ccco1. The van der Waals surface area contributed by atoms with Crippen molar-refractivity contribution in [2.24, 2.45) is 5.92 Å². The fourth-order valence-corrected chi connectivity index (χ4v) is 1.72. The van der Waals surface area contributed by atoms with Crippen LogP contribution in [-0.2, 0) is 14.3 Å². The lowest BCUT2D eigenvalue weighted by Gasteiger charge is -2.28. The molecule has 0 aliphatic rings. The molecule has 0 saturated carbocycles. The van der Waals surface area contributed by atoms with Gasteiger partial charge in [-0.1, -0.05) is 13.8 Å². The molecule has 8 nitrogen and oxygen atoms in total. The maximum absolute atomic E-state index is 12.1. The first-order valence-corrected chi connectivity index (χ1v) is 7.89. The maximum Gasteiger partial charge on any atom is 0.329 e. The van der Waals surface area contributed by atoms with Gasteiger partial charge in [0.2, 0.25) is 0 Å². The van der Waals surface area contributed by atoms with Gasteiger partial charge in [0.25, 0.3) is 11.8 Å². The molecule has 1 aromatic heterocycles. The molecule has 0 fully saturated rings. The predicted molar refractivity (Wildman–Crippen MR) is 88.2 cm³/mol. The second-order valence-corrected chi connectivity index (χ2v) is 6.21. The quantitative estimate of drug-likeness (QED) is 0.717. The maximum atomic E-state index is 12.1. The summed E-state index contributed by atoms with van der Waals surface area (Å²) in [7, 11) is 0. The van der Waals surface area contributed by atoms with Gasteiger partial charge >= 0.3 is 5.97 Å². The fourth-order valence-electron chi connectivity index (χ4n) is 1.72. The van der Waals surface area contributed by atoms with Crippen LogP contribution in [0, 0.1) is 17.2 Å². The lowest BCUT2D eigenvalue weighted by Crippen LogP contribution is -2.53. The van der Waals surface area contributed by atoms with E-state index in [1.807, 2.05) is 6.07 Å². The number of carbonyl (C=O) groups excluding carboxylic acids is 3. The number of carbonyl (C=O) groups is 3. The molecule has 0 bridgehead atoms. The van der Waals surface area contributed by atoms with Crippen LogP contribution < -0.4 is 10.6 Å². The summed E-state index contributed by atoms with van der Waals surface area (Å²) < 4.78 is 9.98. The third kappa shape index (κ3) is 5.35. The van der Waals surface area contributed by atoms with Crippen molar-refractivity contribution >= 4 is 17.8 Å². The van der Waals surface area contributed by atoms with Crippen molar-refractivity contribution in [2.75, 3.05) is 0 Å². The summed E-state index contributed by atoms with van der Waals surface area (Å²) in [6.07, 6.45) is 0.229. The van der Waals surface area contributed by atoms with Crippen LogP contribution in [0.15, 0.2) is 22.8 Å². The number of ether oxygens (including phenoxy) is 1. The molecule has 0 aliphatic carbocycles. The van der Waals surface area contributed by atoms with Crippen LogP contribution in [0.2, 0.25) is 0 Å². The van der Waals surface area contributed by atoms with Gasteiger partial charge in [-0.15, -0.1) is 0 Å². The van der Waals surface area contributed by atoms with Crippen molar-refractivity contribution in [3.8, 4) is 6.07 Å². The Bertz CT molecular complexity index is 662. The van der Waals surface area contributed by atoms with Gasteiger partial charge < -0.3 is 19.8 Å². The highest BCUT2D eigenvalue weighted by atomic mass is 16.5. The topological polar surface area (TPSA) is 121 Å². The Hall–Kier alpha value is -2.82. The zero-order valence-electron chi connectivity index (χ0n) is 15.0. The number of amides is 2. The molecule has 1 aromatic rings. The van der Waals surface area contributed by atoms with E-state index in [9.17, 15) is 19.6 Å². The van der Waals surface area contributed by atoms with Gasteiger partial charge in [0.15, 0.2) is 11.9 Å². The molecular formula is C17H23N3O5. The first-order chi connectivity index (χ1) is 11.6. The van der Waals surface area contributed by atoms with Gasteiger partial charge in [0.1, 0.15) is 11.6 Å². The molecular weight excluding hydrogens is 326 g/mol. The number of nitriles is 1. The van der Waals surface area contributed by atoms with Crippen LogP contribution in [0.4, 0.5) is 0 Å². The minimum absolute atomic E-state index is 0.0622. The van der Waals surface area contributed by atoms with Crippen molar-refractivity contribution in [3.05, 3.63) is 24.2 Å². The lowest BCUT2D eigenvalue weighted by molar-refractivity contribution is -0.156. The Morgan fingerprint density at radius 3 is 2.40 bits per heavy atom. The van der Waals surface area contributed by atoms with E-state index in [1.165, 1.54) is 26.2 Å². The van der Waals surface area contributed by atoms with Gasteiger partial charge in [-0.05, 0) is 38.8 Å². The molecule has 136 valence electrons. The number of nitrogens with one attached hydrogen (secondary N) is 2. The minimum atomic E-state index is -1.11. The van der Waals surface area contributed by atoms with Gasteiger partial charge in [0.05, 0.1) is 12.3 Å². The van der Waals surface area contributed by atoms with E-state index in [2.05, 4.69) is 10.6 Å². The van der Waals surface area contributed by atoms with Crippen molar-refractivity contribution in [3.63, 3.8) is 0 Å². The van der Waals surface area contributed by atoms with E-state index in [0.29, 0.717) is 0 Å². The van der Waals surface area contributed by atoms with Crippen molar-refractivity contribution in [1.29, 1.82) is 5.26 Å². The molecule has 0 saturated heterocycles. The van der Waals surface area contributed by atoms with Crippen LogP contribution in [0.5, 0.6) is 0 Å². The number of hydrogen-bond donors (Lipinski definition) is 2. The molecule has 8 heteroatoms. The molecule has 0 spiro atoms. The van der Waals surface area contributed by atoms with Crippen LogP contribution in [0.25, 0.3) is 0 Å². The molecule has 0 aromatic carbocycles. The summed E-state index contributed by atoms with van der Waals surface area (Å²) in [4.78, 5) is 36.0. The number of rotatable bonds is 7. The van der Waals surface area contributed by atoms with Crippen molar-refractivity contribution < 1.29 is 23.5 Å². The average molecular weight is 349 g/mol. The zero-order chi connectivity index (χ0) is 19.2. The van der Waals surface area contributed by atoms with E-state index < -0.39 is 35.5 Å². The zero-order valence-corrected chi connectivity index (χ0v) is 15.0. The summed E-state index contributed by atoms with van der Waals surface area (Å²) in [5.74, 6) is -1.99. The average Bonchev–Trinajstić information content (AvgIpc) is 3.08. The standard InChI is InChI=1S/C17H23N3O5/c1-10(2)17(5,9-18)20-14(21)12(4)25-16(23)11(3)19-15(22)13-7-6-8-24-13/h6-8,10-12H,1-5H3,(H,19,22)(H,20,21)/t11-,12+,17+/m0/s1. The Kier molecular flexibility index (Phi) is 6.74. The van der Waals surface area contributed by atoms with Gasteiger partial charge in [-0.3, -0.25) is 9.59 Å². The van der Waals surface area contributed by atoms with Crippen molar-refractivity contribution in [2.45, 2.75) is 52.3 Å². The highest BCUT2D eigenvalue weighted by Crippen LogP contribution is 2.15. The monoisotopic (exact) mass is 349 g/mol. The number of furan rings is 1. The minimum Gasteiger partial charge on any atom is -0.459 e. The number of hydrogen-bond acceptors (Lipinski definition) is 6. The molecule has 3 atom stereocenters. The highest BCUT2D eigenvalue weighted by Gasteiger charge is 2.33. The van der Waals surface area contributed by atoms with Gasteiger partial charge in [-0.25, -0.2) is 4.79 Å². The molecule has 2 amide bonds. The Morgan fingerprint density at radius 1 is 1.28 bits per heavy atom. The Morgan fingerprint density at radius 2 is 1.92 bits per heavy atom. The van der Waals surface area contributed by atoms with Gasteiger partial charge in [-0.2, -0.15) is 5.26 Å². The van der Waals surface area contributed by atoms with E-state index in [0.717, 1.165) is 0 Å². The van der Waals surface area contributed by atoms with Crippen LogP contribution in [0.1, 0.15) is 45.2 Å². The van der Waals surface area contributed by atoms with Gasteiger partial charge in [0, 0.05) is 0 Å². The molecule has 1 heterocycles. The van der Waals surface area contributed by atoms with Crippen molar-refractivity contribution in [1.82, 2.24) is 10.6 Å². The highest BCUT2D eigenvalue weighted by molar-refractivity contribution is 5.94. The third-order valence-electron chi connectivity index (χ3n) is 3.88. The smallest absolute Gasteiger partial charge is 0.329 e. The number of nitrogens with zero attached hydrogens (tertiary/aromatic N) is 1. The summed E-state index contributed by atoms with van der Waals surface area (Å²) in [6.45, 7) is 8.02. The fraction of sp³-hybridized carbons (Fsp3) is 0.529. The Labute approximate surface area is 146 Å². The van der Waals surface area contributed by atoms with Crippen LogP contribution in [0.3, 0.4) is 0 Å². The molecule has 1 rings (SSSR count). The second kappa shape index (κ2) is 8.33. The summed E-state index contributed by atoms with van der Waals surface area (Å²) in [5, 5.41) is 14.2.